The van der Waals surface area contributed by atoms with Crippen LogP contribution in [0.5, 0.6) is 0 Å². The summed E-state index contributed by atoms with van der Waals surface area (Å²) < 4.78 is 8.16. The number of aromatic nitrogens is 1. The van der Waals surface area contributed by atoms with Gasteiger partial charge in [-0.15, -0.1) is 0 Å². The zero-order chi connectivity index (χ0) is 17.8. The highest BCUT2D eigenvalue weighted by atomic mass is 16.3. The molecule has 2 aromatic heterocycles. The van der Waals surface area contributed by atoms with Gasteiger partial charge >= 0.3 is 0 Å². The molecule has 1 unspecified atom stereocenters. The summed E-state index contributed by atoms with van der Waals surface area (Å²) in [6, 6.07) is 16.1. The first-order valence-electron chi connectivity index (χ1n) is 9.02. The Hall–Kier alpha value is -3.07. The molecule has 0 spiro atoms. The van der Waals surface area contributed by atoms with Crippen LogP contribution in [0.4, 0.5) is 0 Å². The van der Waals surface area contributed by atoms with E-state index in [9.17, 15) is 4.79 Å². The lowest BCUT2D eigenvalue weighted by molar-refractivity contribution is 0.0975. The molecule has 0 saturated carbocycles. The normalized spacial score (nSPS) is 16.5. The van der Waals surface area contributed by atoms with E-state index < -0.39 is 0 Å². The first kappa shape index (κ1) is 15.2. The van der Waals surface area contributed by atoms with Crippen LogP contribution in [0, 0.1) is 6.92 Å². The van der Waals surface area contributed by atoms with Gasteiger partial charge in [0.05, 0.1) is 11.5 Å². The quantitative estimate of drug-likeness (QED) is 0.468. The van der Waals surface area contributed by atoms with E-state index in [0.29, 0.717) is 11.3 Å². The van der Waals surface area contributed by atoms with Gasteiger partial charge in [-0.3, -0.25) is 4.79 Å². The first-order valence-corrected chi connectivity index (χ1v) is 9.02. The zero-order valence-corrected chi connectivity index (χ0v) is 14.8. The van der Waals surface area contributed by atoms with Gasteiger partial charge in [0.15, 0.2) is 5.78 Å². The van der Waals surface area contributed by atoms with Gasteiger partial charge in [0.2, 0.25) is 0 Å². The van der Waals surface area contributed by atoms with Crippen molar-refractivity contribution >= 4 is 33.7 Å². The second-order valence-corrected chi connectivity index (χ2v) is 6.80. The minimum Gasteiger partial charge on any atom is -0.456 e. The summed E-state index contributed by atoms with van der Waals surface area (Å²) in [4.78, 5) is 13.5. The van der Waals surface area contributed by atoms with Crippen LogP contribution in [0.2, 0.25) is 0 Å². The van der Waals surface area contributed by atoms with Crippen LogP contribution in [0.25, 0.3) is 27.9 Å². The highest BCUT2D eigenvalue weighted by Gasteiger charge is 2.32. The van der Waals surface area contributed by atoms with Gasteiger partial charge in [-0.1, -0.05) is 42.5 Å². The molecule has 1 aliphatic rings. The number of para-hydroxylation sites is 2. The molecule has 3 heteroatoms. The lowest BCUT2D eigenvalue weighted by Gasteiger charge is -2.17. The number of benzene rings is 2. The fourth-order valence-electron chi connectivity index (χ4n) is 4.35. The Morgan fingerprint density at radius 3 is 2.58 bits per heavy atom. The number of nitrogens with zero attached hydrogens (tertiary/aromatic N) is 1. The van der Waals surface area contributed by atoms with E-state index in [1.54, 1.807) is 0 Å². The van der Waals surface area contributed by atoms with Crippen molar-refractivity contribution in [3.8, 4) is 0 Å². The van der Waals surface area contributed by atoms with Gasteiger partial charge in [-0.25, -0.2) is 0 Å². The summed E-state index contributed by atoms with van der Waals surface area (Å²) >= 11 is 0. The molecular weight excluding hydrogens is 322 g/mol. The fourth-order valence-corrected chi connectivity index (χ4v) is 4.35. The van der Waals surface area contributed by atoms with E-state index in [1.165, 1.54) is 5.52 Å². The van der Waals surface area contributed by atoms with E-state index in [4.69, 9.17) is 4.42 Å². The fraction of sp³-hybridized carbons (Fsp3) is 0.174. The summed E-state index contributed by atoms with van der Waals surface area (Å²) in [6.45, 7) is 5.14. The molecule has 2 heterocycles. The molecule has 2 aromatic carbocycles. The Morgan fingerprint density at radius 2 is 1.77 bits per heavy atom. The van der Waals surface area contributed by atoms with Gasteiger partial charge < -0.3 is 8.98 Å². The lowest BCUT2D eigenvalue weighted by Crippen LogP contribution is -2.15. The van der Waals surface area contributed by atoms with E-state index in [2.05, 4.69) is 36.6 Å². The number of Topliss-reactive ketones (excluding diaryl/α,β-unsaturated/α-hetero) is 1. The van der Waals surface area contributed by atoms with E-state index in [0.717, 1.165) is 34.2 Å². The Morgan fingerprint density at radius 1 is 1.04 bits per heavy atom. The third-order valence-corrected chi connectivity index (χ3v) is 5.50. The maximum Gasteiger partial charge on any atom is 0.178 e. The molecule has 5 rings (SSSR count). The number of hydrogen-bond donors (Lipinski definition) is 0. The number of fused-ring (bicyclic) bond motifs is 4. The average molecular weight is 341 g/mol. The number of ketones is 1. The predicted octanol–water partition coefficient (Wildman–Crippen LogP) is 5.71. The van der Waals surface area contributed by atoms with Crippen LogP contribution in [0.15, 0.2) is 59.0 Å². The molecular formula is C23H19NO2. The second kappa shape index (κ2) is 5.46. The molecule has 0 amide bonds. The molecule has 0 bridgehead atoms. The third kappa shape index (κ3) is 1.91. The Balaban J connectivity index is 1.75. The van der Waals surface area contributed by atoms with Crippen molar-refractivity contribution in [1.29, 1.82) is 0 Å². The number of allylic oxidation sites excluding steroid dienone is 1. The van der Waals surface area contributed by atoms with Gasteiger partial charge in [-0.05, 0) is 37.6 Å². The topological polar surface area (TPSA) is 35.1 Å². The van der Waals surface area contributed by atoms with E-state index >= 15 is 0 Å². The molecule has 0 N–H and O–H groups in total. The smallest absolute Gasteiger partial charge is 0.178 e. The number of carbonyl (C=O) groups excluding carboxylic acids is 1. The van der Waals surface area contributed by atoms with E-state index in [1.807, 2.05) is 42.5 Å². The summed E-state index contributed by atoms with van der Waals surface area (Å²) in [5.41, 5.74) is 4.93. The van der Waals surface area contributed by atoms with Crippen LogP contribution in [0.3, 0.4) is 0 Å². The maximum atomic E-state index is 13.5. The van der Waals surface area contributed by atoms with Gasteiger partial charge in [0, 0.05) is 28.5 Å². The van der Waals surface area contributed by atoms with Gasteiger partial charge in [0.1, 0.15) is 11.3 Å². The van der Waals surface area contributed by atoms with Crippen molar-refractivity contribution in [3.63, 3.8) is 0 Å². The SMILES string of the molecule is CCn1c(C)c(C2C=Cc3oc4ccccc4c3C2=O)c2ccccc21. The Labute approximate surface area is 151 Å². The molecule has 128 valence electrons. The molecule has 1 aliphatic carbocycles. The second-order valence-electron chi connectivity index (χ2n) is 6.80. The predicted molar refractivity (Wildman–Crippen MR) is 105 cm³/mol. The minimum absolute atomic E-state index is 0.120. The van der Waals surface area contributed by atoms with Gasteiger partial charge in [-0.2, -0.15) is 0 Å². The summed E-state index contributed by atoms with van der Waals surface area (Å²) in [5, 5.41) is 2.06. The minimum atomic E-state index is -0.277. The summed E-state index contributed by atoms with van der Waals surface area (Å²) in [6.07, 6.45) is 3.95. The molecule has 3 nitrogen and oxygen atoms in total. The van der Waals surface area contributed by atoms with Gasteiger partial charge in [0.25, 0.3) is 0 Å². The molecule has 0 radical (unpaired) electrons. The highest BCUT2D eigenvalue weighted by molar-refractivity contribution is 6.16. The zero-order valence-electron chi connectivity index (χ0n) is 14.8. The monoisotopic (exact) mass is 341 g/mol. The lowest BCUT2D eigenvalue weighted by atomic mass is 9.84. The Kier molecular flexibility index (Phi) is 3.20. The third-order valence-electron chi connectivity index (χ3n) is 5.50. The van der Waals surface area contributed by atoms with Crippen LogP contribution in [0.1, 0.15) is 40.2 Å². The molecule has 0 aliphatic heterocycles. The average Bonchev–Trinajstić information content (AvgIpc) is 3.17. The molecule has 4 aromatic rings. The van der Waals surface area contributed by atoms with Crippen molar-refractivity contribution in [3.05, 3.63) is 77.2 Å². The van der Waals surface area contributed by atoms with Crippen molar-refractivity contribution in [1.82, 2.24) is 4.57 Å². The highest BCUT2D eigenvalue weighted by Crippen LogP contribution is 2.40. The molecule has 1 atom stereocenters. The van der Waals surface area contributed by atoms with Crippen molar-refractivity contribution < 1.29 is 9.21 Å². The van der Waals surface area contributed by atoms with Crippen LogP contribution in [-0.2, 0) is 6.54 Å². The van der Waals surface area contributed by atoms with Crippen LogP contribution >= 0.6 is 0 Å². The number of carbonyl (C=O) groups is 1. The van der Waals surface area contributed by atoms with Crippen molar-refractivity contribution in [2.24, 2.45) is 0 Å². The Bertz CT molecular complexity index is 1210. The molecule has 0 fully saturated rings. The standard InChI is InChI=1S/C23H19NO2/c1-3-24-14(2)21(15-8-4-6-10-18(15)24)17-12-13-20-22(23(17)25)16-9-5-7-11-19(16)26-20/h4-13,17H,3H2,1-2H3. The first-order chi connectivity index (χ1) is 12.7. The molecule has 26 heavy (non-hydrogen) atoms. The number of rotatable bonds is 2. The summed E-state index contributed by atoms with van der Waals surface area (Å²) in [5.74, 6) is 0.514. The largest absolute Gasteiger partial charge is 0.456 e. The number of furan rings is 1. The number of hydrogen-bond acceptors (Lipinski definition) is 2. The summed E-state index contributed by atoms with van der Waals surface area (Å²) in [7, 11) is 0. The van der Waals surface area contributed by atoms with Crippen LogP contribution < -0.4 is 0 Å². The van der Waals surface area contributed by atoms with Crippen molar-refractivity contribution in [2.45, 2.75) is 26.3 Å². The molecule has 0 saturated heterocycles. The number of aryl methyl sites for hydroxylation is 1. The van der Waals surface area contributed by atoms with Crippen LogP contribution in [-0.4, -0.2) is 10.4 Å². The van der Waals surface area contributed by atoms with E-state index in [-0.39, 0.29) is 11.7 Å². The van der Waals surface area contributed by atoms with Crippen molar-refractivity contribution in [2.75, 3.05) is 0 Å². The maximum absolute atomic E-state index is 13.5.